The Hall–Kier alpha value is -2.77. The molecule has 38 heavy (non-hydrogen) atoms. The van der Waals surface area contributed by atoms with Crippen LogP contribution in [0.3, 0.4) is 0 Å². The summed E-state index contributed by atoms with van der Waals surface area (Å²) in [6.45, 7) is 14.2. The molecule has 3 heterocycles. The fourth-order valence-electron chi connectivity index (χ4n) is 5.90. The molecule has 0 saturated carbocycles. The highest BCUT2D eigenvalue weighted by Gasteiger charge is 2.28. The van der Waals surface area contributed by atoms with E-state index in [0.717, 1.165) is 99.0 Å². The van der Waals surface area contributed by atoms with Crippen molar-refractivity contribution in [3.8, 4) is 11.5 Å². The van der Waals surface area contributed by atoms with Crippen LogP contribution in [0.4, 0.5) is 11.4 Å². The summed E-state index contributed by atoms with van der Waals surface area (Å²) in [6, 6.07) is 12.0. The molecule has 2 saturated heterocycles. The quantitative estimate of drug-likeness (QED) is 0.510. The van der Waals surface area contributed by atoms with Crippen molar-refractivity contribution in [3.63, 3.8) is 0 Å². The van der Waals surface area contributed by atoms with Gasteiger partial charge >= 0.3 is 0 Å². The van der Waals surface area contributed by atoms with Crippen molar-refractivity contribution < 1.29 is 19.0 Å². The second kappa shape index (κ2) is 11.5. The van der Waals surface area contributed by atoms with E-state index in [1.165, 1.54) is 0 Å². The van der Waals surface area contributed by atoms with E-state index in [0.29, 0.717) is 18.6 Å². The van der Waals surface area contributed by atoms with Crippen molar-refractivity contribution in [2.45, 2.75) is 52.6 Å². The highest BCUT2D eigenvalue weighted by Crippen LogP contribution is 2.35. The summed E-state index contributed by atoms with van der Waals surface area (Å²) in [5.41, 5.74) is 4.07. The summed E-state index contributed by atoms with van der Waals surface area (Å²) in [6.07, 6.45) is 4.24. The monoisotopic (exact) mass is 521 g/mol. The molecule has 2 aromatic rings. The first-order valence-corrected chi connectivity index (χ1v) is 14.2. The molecular formula is C31H43N3O4. The van der Waals surface area contributed by atoms with Crippen molar-refractivity contribution in [1.29, 1.82) is 0 Å². The smallest absolute Gasteiger partial charge is 0.258 e. The number of methoxy groups -OCH3 is 1. The maximum absolute atomic E-state index is 13.5. The lowest BCUT2D eigenvalue weighted by Gasteiger charge is -2.31. The number of fused-ring (bicyclic) bond motifs is 1. The van der Waals surface area contributed by atoms with Gasteiger partial charge in [0.15, 0.2) is 0 Å². The van der Waals surface area contributed by atoms with Gasteiger partial charge in [0.1, 0.15) is 18.1 Å². The normalized spacial score (nSPS) is 20.8. The summed E-state index contributed by atoms with van der Waals surface area (Å²) in [5, 5.41) is 0. The number of carbonyl (C=O) groups excluding carboxylic acids is 1. The van der Waals surface area contributed by atoms with Crippen LogP contribution < -0.4 is 19.3 Å². The predicted octanol–water partition coefficient (Wildman–Crippen LogP) is 5.01. The largest absolute Gasteiger partial charge is 0.495 e. The summed E-state index contributed by atoms with van der Waals surface area (Å²) >= 11 is 0. The van der Waals surface area contributed by atoms with Gasteiger partial charge in [-0.15, -0.1) is 0 Å². The molecule has 7 nitrogen and oxygen atoms in total. The fraction of sp³-hybridized carbons (Fsp3) is 0.581. The number of carbonyl (C=O) groups is 1. The zero-order valence-corrected chi connectivity index (χ0v) is 23.5. The molecule has 3 aliphatic heterocycles. The third kappa shape index (κ3) is 6.26. The van der Waals surface area contributed by atoms with E-state index in [1.807, 2.05) is 29.2 Å². The van der Waals surface area contributed by atoms with Gasteiger partial charge in [0.2, 0.25) is 0 Å². The van der Waals surface area contributed by atoms with Crippen LogP contribution in [0.15, 0.2) is 36.4 Å². The van der Waals surface area contributed by atoms with Gasteiger partial charge in [0.25, 0.3) is 5.91 Å². The molecule has 2 aromatic carbocycles. The summed E-state index contributed by atoms with van der Waals surface area (Å²) < 4.78 is 17.5. The predicted molar refractivity (Wildman–Crippen MR) is 152 cm³/mol. The number of amides is 1. The number of ether oxygens (including phenoxy) is 3. The van der Waals surface area contributed by atoms with Crippen LogP contribution in [-0.4, -0.2) is 76.5 Å². The molecule has 206 valence electrons. The van der Waals surface area contributed by atoms with E-state index < -0.39 is 0 Å². The molecule has 5 rings (SSSR count). The Morgan fingerprint density at radius 3 is 2.63 bits per heavy atom. The molecule has 1 amide bonds. The molecule has 0 unspecified atom stereocenters. The molecule has 0 aliphatic carbocycles. The van der Waals surface area contributed by atoms with Crippen molar-refractivity contribution in [2.75, 3.05) is 69.4 Å². The van der Waals surface area contributed by atoms with Gasteiger partial charge in [0, 0.05) is 56.6 Å². The minimum atomic E-state index is 0.0272. The van der Waals surface area contributed by atoms with E-state index in [-0.39, 0.29) is 12.0 Å². The van der Waals surface area contributed by atoms with Crippen molar-refractivity contribution in [2.24, 2.45) is 5.41 Å². The van der Waals surface area contributed by atoms with E-state index in [2.05, 4.69) is 42.7 Å². The van der Waals surface area contributed by atoms with E-state index in [1.54, 1.807) is 7.11 Å². The molecular weight excluding hydrogens is 478 g/mol. The Morgan fingerprint density at radius 1 is 1.00 bits per heavy atom. The molecule has 3 aliphatic rings. The van der Waals surface area contributed by atoms with Crippen molar-refractivity contribution in [3.05, 3.63) is 47.5 Å². The number of hydrogen-bond donors (Lipinski definition) is 0. The minimum absolute atomic E-state index is 0.0272. The lowest BCUT2D eigenvalue weighted by Crippen LogP contribution is -2.37. The topological polar surface area (TPSA) is 54.5 Å². The number of benzene rings is 2. The van der Waals surface area contributed by atoms with Gasteiger partial charge in [0.05, 0.1) is 18.9 Å². The van der Waals surface area contributed by atoms with Crippen LogP contribution in [0.25, 0.3) is 0 Å². The molecule has 0 aromatic heterocycles. The molecule has 0 N–H and O–H groups in total. The van der Waals surface area contributed by atoms with Crippen LogP contribution in [-0.2, 0) is 11.2 Å². The van der Waals surface area contributed by atoms with Gasteiger partial charge in [-0.3, -0.25) is 4.79 Å². The molecule has 0 bridgehead atoms. The van der Waals surface area contributed by atoms with Crippen LogP contribution in [0.1, 0.15) is 56.0 Å². The third-order valence-corrected chi connectivity index (χ3v) is 7.72. The Kier molecular flexibility index (Phi) is 8.15. The Balaban J connectivity index is 1.26. The first-order valence-electron chi connectivity index (χ1n) is 14.2. The Labute approximate surface area is 227 Å². The lowest BCUT2D eigenvalue weighted by atomic mass is 9.96. The maximum atomic E-state index is 13.5. The standard InChI is InChI=1S/C31H43N3O4/c1-31(2,3)22-32-13-6-14-33(17-16-32)28-11-8-24(20-29(28)36-4)34-15-12-23-19-25(9-10-27(23)30(34)35)38-21-26-7-5-18-37-26/h8-11,19-20,26H,5-7,12-18,21-22H2,1-4H3/t26-/m1/s1. The highest BCUT2D eigenvalue weighted by molar-refractivity contribution is 6.08. The molecule has 7 heteroatoms. The minimum Gasteiger partial charge on any atom is -0.495 e. The van der Waals surface area contributed by atoms with Gasteiger partial charge in [-0.05, 0) is 73.5 Å². The van der Waals surface area contributed by atoms with Gasteiger partial charge in [-0.1, -0.05) is 20.8 Å². The van der Waals surface area contributed by atoms with E-state index in [9.17, 15) is 4.79 Å². The Bertz CT molecular complexity index is 1120. The summed E-state index contributed by atoms with van der Waals surface area (Å²) in [4.78, 5) is 20.4. The lowest BCUT2D eigenvalue weighted by molar-refractivity contribution is 0.0679. The van der Waals surface area contributed by atoms with Gasteiger partial charge in [-0.2, -0.15) is 0 Å². The Morgan fingerprint density at radius 2 is 1.87 bits per heavy atom. The summed E-state index contributed by atoms with van der Waals surface area (Å²) in [5.74, 6) is 1.66. The first kappa shape index (κ1) is 26.8. The molecule has 0 spiro atoms. The van der Waals surface area contributed by atoms with Crippen LogP contribution >= 0.6 is 0 Å². The second-order valence-electron chi connectivity index (χ2n) is 12.0. The van der Waals surface area contributed by atoms with Gasteiger partial charge in [-0.25, -0.2) is 0 Å². The van der Waals surface area contributed by atoms with E-state index in [4.69, 9.17) is 14.2 Å². The van der Waals surface area contributed by atoms with E-state index >= 15 is 0 Å². The number of rotatable bonds is 7. The zero-order chi connectivity index (χ0) is 26.7. The molecule has 1 atom stereocenters. The zero-order valence-electron chi connectivity index (χ0n) is 23.5. The second-order valence-corrected chi connectivity index (χ2v) is 12.0. The van der Waals surface area contributed by atoms with Crippen molar-refractivity contribution >= 4 is 17.3 Å². The molecule has 0 radical (unpaired) electrons. The van der Waals surface area contributed by atoms with Crippen LogP contribution in [0, 0.1) is 5.41 Å². The molecule has 2 fully saturated rings. The first-order chi connectivity index (χ1) is 18.3. The summed E-state index contributed by atoms with van der Waals surface area (Å²) in [7, 11) is 1.72. The van der Waals surface area contributed by atoms with Gasteiger partial charge < -0.3 is 28.9 Å². The number of nitrogens with zero attached hydrogens (tertiary/aromatic N) is 3. The average molecular weight is 522 g/mol. The maximum Gasteiger partial charge on any atom is 0.258 e. The van der Waals surface area contributed by atoms with Crippen molar-refractivity contribution in [1.82, 2.24) is 4.90 Å². The number of anilines is 2. The van der Waals surface area contributed by atoms with Crippen LogP contribution in [0.2, 0.25) is 0 Å². The number of hydrogen-bond acceptors (Lipinski definition) is 6. The third-order valence-electron chi connectivity index (χ3n) is 7.72. The highest BCUT2D eigenvalue weighted by atomic mass is 16.5. The van der Waals surface area contributed by atoms with Crippen LogP contribution in [0.5, 0.6) is 11.5 Å². The SMILES string of the molecule is COc1cc(N2CCc3cc(OC[C@H]4CCCO4)ccc3C2=O)ccc1N1CCCN(CC(C)(C)C)CC1. The average Bonchev–Trinajstić information content (AvgIpc) is 3.32. The fourth-order valence-corrected chi connectivity index (χ4v) is 5.90.